The van der Waals surface area contributed by atoms with Crippen LogP contribution in [0.3, 0.4) is 0 Å². The molecule has 3 rings (SSSR count). The zero-order valence-corrected chi connectivity index (χ0v) is 15.3. The minimum absolute atomic E-state index is 0.328. The minimum Gasteiger partial charge on any atom is -0.374 e. The number of nitrogens with one attached hydrogen (secondary N) is 2. The molecule has 0 aromatic carbocycles. The Hall–Kier alpha value is -1.50. The Kier molecular flexibility index (Phi) is 6.18. The fourth-order valence-electron chi connectivity index (χ4n) is 3.02. The molecule has 3 heterocycles. The second-order valence-corrected chi connectivity index (χ2v) is 6.96. The van der Waals surface area contributed by atoms with E-state index < -0.39 is 0 Å². The first kappa shape index (κ1) is 17.3. The molecule has 1 unspecified atom stereocenters. The number of aromatic nitrogens is 2. The second-order valence-electron chi connectivity index (χ2n) is 6.18. The van der Waals surface area contributed by atoms with Crippen LogP contribution in [0, 0.1) is 0 Å². The van der Waals surface area contributed by atoms with Crippen molar-refractivity contribution in [2.75, 3.05) is 25.0 Å². The van der Waals surface area contributed by atoms with Gasteiger partial charge in [0.2, 0.25) is 0 Å². The van der Waals surface area contributed by atoms with E-state index in [0.717, 1.165) is 49.7 Å². The van der Waals surface area contributed by atoms with E-state index in [1.54, 1.807) is 11.3 Å². The SMILES string of the molecule is CCOCc1nc2c(c(NC(C)Cc3ccsc3)n1)CCNCC2. The first-order chi connectivity index (χ1) is 11.8. The van der Waals surface area contributed by atoms with Crippen molar-refractivity contribution >= 4 is 17.2 Å². The van der Waals surface area contributed by atoms with Gasteiger partial charge in [-0.15, -0.1) is 0 Å². The van der Waals surface area contributed by atoms with Crippen LogP contribution in [0.15, 0.2) is 16.8 Å². The molecule has 5 nitrogen and oxygen atoms in total. The Bertz CT molecular complexity index is 645. The highest BCUT2D eigenvalue weighted by Gasteiger charge is 2.18. The van der Waals surface area contributed by atoms with Gasteiger partial charge in [-0.25, -0.2) is 9.97 Å². The monoisotopic (exact) mass is 346 g/mol. The number of fused-ring (bicyclic) bond motifs is 1. The number of nitrogens with zero attached hydrogens (tertiary/aromatic N) is 2. The van der Waals surface area contributed by atoms with E-state index in [0.29, 0.717) is 19.3 Å². The number of hydrogen-bond donors (Lipinski definition) is 2. The van der Waals surface area contributed by atoms with Crippen LogP contribution in [0.25, 0.3) is 0 Å². The molecule has 24 heavy (non-hydrogen) atoms. The summed E-state index contributed by atoms with van der Waals surface area (Å²) in [4.78, 5) is 9.50. The van der Waals surface area contributed by atoms with E-state index in [9.17, 15) is 0 Å². The number of hydrogen-bond acceptors (Lipinski definition) is 6. The highest BCUT2D eigenvalue weighted by Crippen LogP contribution is 2.22. The summed E-state index contributed by atoms with van der Waals surface area (Å²) in [6.07, 6.45) is 2.92. The number of thiophene rings is 1. The summed E-state index contributed by atoms with van der Waals surface area (Å²) in [7, 11) is 0. The van der Waals surface area contributed by atoms with Crippen LogP contribution >= 0.6 is 11.3 Å². The first-order valence-corrected chi connectivity index (χ1v) is 9.65. The molecule has 2 aromatic heterocycles. The van der Waals surface area contributed by atoms with Gasteiger partial charge < -0.3 is 15.4 Å². The Morgan fingerprint density at radius 1 is 1.33 bits per heavy atom. The molecule has 2 aromatic rings. The molecule has 0 fully saturated rings. The predicted molar refractivity (Wildman–Crippen MR) is 98.7 cm³/mol. The zero-order chi connectivity index (χ0) is 16.8. The molecule has 130 valence electrons. The van der Waals surface area contributed by atoms with Crippen LogP contribution in [-0.2, 0) is 30.6 Å². The standard InChI is InChI=1S/C18H26N4OS/c1-3-23-11-17-21-16-5-8-19-7-4-15(16)18(22-17)20-13(2)10-14-6-9-24-12-14/h6,9,12-13,19H,3-5,7-8,10-11H2,1-2H3,(H,20,21,22). The molecule has 2 N–H and O–H groups in total. The summed E-state index contributed by atoms with van der Waals surface area (Å²) < 4.78 is 5.52. The third-order valence-electron chi connectivity index (χ3n) is 4.17. The zero-order valence-electron chi connectivity index (χ0n) is 14.5. The smallest absolute Gasteiger partial charge is 0.156 e. The van der Waals surface area contributed by atoms with Gasteiger partial charge in [-0.1, -0.05) is 0 Å². The summed E-state index contributed by atoms with van der Waals surface area (Å²) in [6, 6.07) is 2.52. The summed E-state index contributed by atoms with van der Waals surface area (Å²) in [6.45, 7) is 7.32. The maximum atomic E-state index is 5.52. The van der Waals surface area contributed by atoms with E-state index in [4.69, 9.17) is 14.7 Å². The van der Waals surface area contributed by atoms with Crippen LogP contribution in [0.2, 0.25) is 0 Å². The van der Waals surface area contributed by atoms with E-state index in [1.165, 1.54) is 11.1 Å². The predicted octanol–water partition coefficient (Wildman–Crippen LogP) is 2.81. The maximum absolute atomic E-state index is 5.52. The summed E-state index contributed by atoms with van der Waals surface area (Å²) in [5.74, 6) is 1.77. The molecule has 0 aliphatic carbocycles. The molecule has 0 radical (unpaired) electrons. The van der Waals surface area contributed by atoms with Gasteiger partial charge in [0.15, 0.2) is 5.82 Å². The lowest BCUT2D eigenvalue weighted by molar-refractivity contribution is 0.128. The number of anilines is 1. The van der Waals surface area contributed by atoms with Gasteiger partial charge >= 0.3 is 0 Å². The van der Waals surface area contributed by atoms with Gasteiger partial charge in [0.25, 0.3) is 0 Å². The highest BCUT2D eigenvalue weighted by molar-refractivity contribution is 7.07. The topological polar surface area (TPSA) is 59.1 Å². The van der Waals surface area contributed by atoms with Crippen LogP contribution in [-0.4, -0.2) is 35.7 Å². The van der Waals surface area contributed by atoms with Crippen LogP contribution in [0.5, 0.6) is 0 Å². The highest BCUT2D eigenvalue weighted by atomic mass is 32.1. The van der Waals surface area contributed by atoms with Crippen molar-refractivity contribution in [2.24, 2.45) is 0 Å². The Morgan fingerprint density at radius 2 is 2.21 bits per heavy atom. The lowest BCUT2D eigenvalue weighted by Crippen LogP contribution is -2.22. The van der Waals surface area contributed by atoms with Crippen molar-refractivity contribution in [3.63, 3.8) is 0 Å². The third-order valence-corrected chi connectivity index (χ3v) is 4.90. The molecule has 0 amide bonds. The van der Waals surface area contributed by atoms with Crippen molar-refractivity contribution in [3.05, 3.63) is 39.5 Å². The van der Waals surface area contributed by atoms with Crippen molar-refractivity contribution in [1.29, 1.82) is 0 Å². The minimum atomic E-state index is 0.328. The van der Waals surface area contributed by atoms with Crippen molar-refractivity contribution < 1.29 is 4.74 Å². The Labute approximate surface area is 147 Å². The summed E-state index contributed by atoms with van der Waals surface area (Å²) in [5.41, 5.74) is 3.80. The van der Waals surface area contributed by atoms with Gasteiger partial charge in [0.1, 0.15) is 12.4 Å². The molecule has 1 aliphatic rings. The molecule has 0 saturated carbocycles. The fourth-order valence-corrected chi connectivity index (χ4v) is 3.70. The van der Waals surface area contributed by atoms with Gasteiger partial charge in [0.05, 0.1) is 5.69 Å². The van der Waals surface area contributed by atoms with Crippen molar-refractivity contribution in [2.45, 2.75) is 45.8 Å². The molecule has 0 saturated heterocycles. The summed E-state index contributed by atoms with van der Waals surface area (Å²) >= 11 is 1.75. The maximum Gasteiger partial charge on any atom is 0.156 e. The fraction of sp³-hybridized carbons (Fsp3) is 0.556. The van der Waals surface area contributed by atoms with Crippen LogP contribution < -0.4 is 10.6 Å². The normalized spacial score (nSPS) is 15.6. The van der Waals surface area contributed by atoms with Gasteiger partial charge in [-0.3, -0.25) is 0 Å². The van der Waals surface area contributed by atoms with E-state index in [2.05, 4.69) is 34.4 Å². The Morgan fingerprint density at radius 3 is 3.00 bits per heavy atom. The number of ether oxygens (including phenoxy) is 1. The number of rotatable bonds is 7. The lowest BCUT2D eigenvalue weighted by atomic mass is 10.1. The third kappa shape index (κ3) is 4.53. The van der Waals surface area contributed by atoms with Gasteiger partial charge in [0, 0.05) is 31.2 Å². The first-order valence-electron chi connectivity index (χ1n) is 8.71. The van der Waals surface area contributed by atoms with Crippen LogP contribution in [0.4, 0.5) is 5.82 Å². The molecular weight excluding hydrogens is 320 g/mol. The summed E-state index contributed by atoms with van der Waals surface area (Å²) in [5, 5.41) is 11.4. The molecule has 6 heteroatoms. The van der Waals surface area contributed by atoms with Crippen molar-refractivity contribution in [3.8, 4) is 0 Å². The van der Waals surface area contributed by atoms with Gasteiger partial charge in [-0.05, 0) is 55.6 Å². The van der Waals surface area contributed by atoms with E-state index >= 15 is 0 Å². The molecule has 0 bridgehead atoms. The largest absolute Gasteiger partial charge is 0.374 e. The van der Waals surface area contributed by atoms with Crippen LogP contribution in [0.1, 0.15) is 36.5 Å². The van der Waals surface area contributed by atoms with E-state index in [-0.39, 0.29) is 0 Å². The van der Waals surface area contributed by atoms with E-state index in [1.807, 2.05) is 6.92 Å². The molecule has 0 spiro atoms. The Balaban J connectivity index is 1.80. The second kappa shape index (κ2) is 8.55. The quantitative estimate of drug-likeness (QED) is 0.807. The van der Waals surface area contributed by atoms with Crippen molar-refractivity contribution in [1.82, 2.24) is 15.3 Å². The molecular formula is C18H26N4OS. The molecule has 1 aliphatic heterocycles. The molecule has 1 atom stereocenters. The lowest BCUT2D eigenvalue weighted by Gasteiger charge is -2.19. The van der Waals surface area contributed by atoms with Gasteiger partial charge in [-0.2, -0.15) is 11.3 Å². The average Bonchev–Trinajstić information content (AvgIpc) is 2.95. The average molecular weight is 347 g/mol.